The van der Waals surface area contributed by atoms with Crippen molar-refractivity contribution in [2.75, 3.05) is 5.32 Å². The molecule has 0 aliphatic carbocycles. The third-order valence-corrected chi connectivity index (χ3v) is 3.85. The fraction of sp³-hybridized carbons (Fsp3) is 0.250. The summed E-state index contributed by atoms with van der Waals surface area (Å²) < 4.78 is 0. The van der Waals surface area contributed by atoms with Crippen LogP contribution < -0.4 is 5.32 Å². The van der Waals surface area contributed by atoms with Gasteiger partial charge in [-0.1, -0.05) is 48.3 Å². The molecule has 2 aromatic rings. The summed E-state index contributed by atoms with van der Waals surface area (Å²) in [6.07, 6.45) is 0.993. The summed E-state index contributed by atoms with van der Waals surface area (Å²) in [6.45, 7) is 4.16. The molecule has 0 heterocycles. The average molecular weight is 294 g/mol. The Morgan fingerprint density at radius 3 is 2.32 bits per heavy atom. The van der Waals surface area contributed by atoms with E-state index in [9.17, 15) is 0 Å². The van der Waals surface area contributed by atoms with Crippen LogP contribution in [0, 0.1) is 6.92 Å². The maximum absolute atomic E-state index is 6.15. The number of halogens is 2. The van der Waals surface area contributed by atoms with Crippen LogP contribution >= 0.6 is 23.2 Å². The van der Waals surface area contributed by atoms with E-state index in [1.54, 1.807) is 0 Å². The molecule has 0 aliphatic heterocycles. The second-order valence-electron chi connectivity index (χ2n) is 4.62. The Morgan fingerprint density at radius 1 is 1.05 bits per heavy atom. The van der Waals surface area contributed by atoms with Gasteiger partial charge in [-0.25, -0.2) is 0 Å². The molecule has 100 valence electrons. The van der Waals surface area contributed by atoms with Crippen molar-refractivity contribution in [3.8, 4) is 0 Å². The zero-order valence-corrected chi connectivity index (χ0v) is 12.6. The highest BCUT2D eigenvalue weighted by atomic mass is 35.5. The molecular formula is C16H17Cl2N. The number of hydrogen-bond acceptors (Lipinski definition) is 1. The molecule has 1 unspecified atom stereocenters. The van der Waals surface area contributed by atoms with Gasteiger partial charge in [0.25, 0.3) is 0 Å². The van der Waals surface area contributed by atoms with Crippen molar-refractivity contribution in [1.82, 2.24) is 0 Å². The first-order chi connectivity index (χ1) is 9.10. The first-order valence-corrected chi connectivity index (χ1v) is 7.14. The first kappa shape index (κ1) is 14.2. The van der Waals surface area contributed by atoms with Crippen molar-refractivity contribution >= 4 is 28.9 Å². The molecular weight excluding hydrogens is 277 g/mol. The highest BCUT2D eigenvalue weighted by Gasteiger charge is 2.09. The zero-order chi connectivity index (χ0) is 13.8. The van der Waals surface area contributed by atoms with Crippen molar-refractivity contribution in [2.45, 2.75) is 26.3 Å². The van der Waals surface area contributed by atoms with Crippen molar-refractivity contribution < 1.29 is 0 Å². The molecule has 0 saturated carbocycles. The van der Waals surface area contributed by atoms with E-state index < -0.39 is 0 Å². The molecule has 19 heavy (non-hydrogen) atoms. The molecule has 2 rings (SSSR count). The van der Waals surface area contributed by atoms with Crippen molar-refractivity contribution in [1.29, 1.82) is 0 Å². The van der Waals surface area contributed by atoms with Gasteiger partial charge < -0.3 is 5.32 Å². The monoisotopic (exact) mass is 293 g/mol. The Kier molecular flexibility index (Phi) is 4.73. The van der Waals surface area contributed by atoms with Gasteiger partial charge in [-0.2, -0.15) is 0 Å². The Hall–Kier alpha value is -1.18. The van der Waals surface area contributed by atoms with E-state index in [0.717, 1.165) is 27.7 Å². The summed E-state index contributed by atoms with van der Waals surface area (Å²) in [7, 11) is 0. The summed E-state index contributed by atoms with van der Waals surface area (Å²) in [4.78, 5) is 0. The van der Waals surface area contributed by atoms with Crippen molar-refractivity contribution in [2.24, 2.45) is 0 Å². The van der Waals surface area contributed by atoms with E-state index in [4.69, 9.17) is 23.2 Å². The molecule has 1 N–H and O–H groups in total. The van der Waals surface area contributed by atoms with Gasteiger partial charge in [0.15, 0.2) is 0 Å². The van der Waals surface area contributed by atoms with Gasteiger partial charge in [0.2, 0.25) is 0 Å². The lowest BCUT2D eigenvalue weighted by atomic mass is 10.0. The fourth-order valence-electron chi connectivity index (χ4n) is 2.00. The molecule has 1 nitrogen and oxygen atoms in total. The summed E-state index contributed by atoms with van der Waals surface area (Å²) in [5.41, 5.74) is 3.35. The predicted octanol–water partition coefficient (Wildman–Crippen LogP) is 5.87. The average Bonchev–Trinajstić information content (AvgIpc) is 2.41. The maximum Gasteiger partial charge on any atom is 0.0511 e. The van der Waals surface area contributed by atoms with Crippen LogP contribution in [-0.4, -0.2) is 0 Å². The van der Waals surface area contributed by atoms with Crippen LogP contribution in [0.1, 0.15) is 30.5 Å². The van der Waals surface area contributed by atoms with E-state index in [1.807, 2.05) is 31.2 Å². The molecule has 3 heteroatoms. The fourth-order valence-corrected chi connectivity index (χ4v) is 2.31. The predicted molar refractivity (Wildman–Crippen MR) is 84.3 cm³/mol. The molecule has 0 radical (unpaired) electrons. The van der Waals surface area contributed by atoms with E-state index >= 15 is 0 Å². The number of hydrogen-bond donors (Lipinski definition) is 1. The molecule has 0 bridgehead atoms. The molecule has 0 amide bonds. The van der Waals surface area contributed by atoms with Gasteiger partial charge in [0.05, 0.1) is 6.04 Å². The number of anilines is 1. The highest BCUT2D eigenvalue weighted by Crippen LogP contribution is 2.26. The van der Waals surface area contributed by atoms with Crippen LogP contribution in [-0.2, 0) is 0 Å². The van der Waals surface area contributed by atoms with Crippen LogP contribution in [0.3, 0.4) is 0 Å². The third-order valence-electron chi connectivity index (χ3n) is 3.19. The number of nitrogens with one attached hydrogen (secondary N) is 1. The number of benzene rings is 2. The SMILES string of the molecule is CCC(Nc1ccc(C)c(Cl)c1)c1ccc(Cl)cc1. The summed E-state index contributed by atoms with van der Waals surface area (Å²) in [6, 6.07) is 14.3. The molecule has 0 saturated heterocycles. The summed E-state index contributed by atoms with van der Waals surface area (Å²) in [5, 5.41) is 5.05. The van der Waals surface area contributed by atoms with Gasteiger partial charge >= 0.3 is 0 Å². The smallest absolute Gasteiger partial charge is 0.0511 e. The van der Waals surface area contributed by atoms with Crippen LogP contribution in [0.2, 0.25) is 10.0 Å². The Labute approximate surface area is 124 Å². The minimum atomic E-state index is 0.260. The largest absolute Gasteiger partial charge is 0.378 e. The van der Waals surface area contributed by atoms with Crippen molar-refractivity contribution in [3.63, 3.8) is 0 Å². The lowest BCUT2D eigenvalue weighted by Crippen LogP contribution is -2.09. The molecule has 1 atom stereocenters. The quantitative estimate of drug-likeness (QED) is 0.744. The standard InChI is InChI=1S/C16H17Cl2N/c1-3-16(12-5-7-13(17)8-6-12)19-14-9-4-11(2)15(18)10-14/h4-10,16,19H,3H2,1-2H3. The van der Waals surface area contributed by atoms with Gasteiger partial charge in [-0.3, -0.25) is 0 Å². The second-order valence-corrected chi connectivity index (χ2v) is 5.46. The lowest BCUT2D eigenvalue weighted by Gasteiger charge is -2.19. The zero-order valence-electron chi connectivity index (χ0n) is 11.1. The minimum absolute atomic E-state index is 0.260. The normalized spacial score (nSPS) is 12.2. The highest BCUT2D eigenvalue weighted by molar-refractivity contribution is 6.31. The van der Waals surface area contributed by atoms with E-state index in [0.29, 0.717) is 0 Å². The molecule has 0 aromatic heterocycles. The van der Waals surface area contributed by atoms with Gasteiger partial charge in [0, 0.05) is 15.7 Å². The van der Waals surface area contributed by atoms with Crippen molar-refractivity contribution in [3.05, 3.63) is 63.6 Å². The first-order valence-electron chi connectivity index (χ1n) is 6.38. The minimum Gasteiger partial charge on any atom is -0.378 e. The number of rotatable bonds is 4. The van der Waals surface area contributed by atoms with Crippen LogP contribution in [0.15, 0.2) is 42.5 Å². The lowest BCUT2D eigenvalue weighted by molar-refractivity contribution is 0.749. The molecule has 0 spiro atoms. The van der Waals surface area contributed by atoms with E-state index in [2.05, 4.69) is 30.4 Å². The second kappa shape index (κ2) is 6.31. The van der Waals surface area contributed by atoms with Gasteiger partial charge in [-0.05, 0) is 48.7 Å². The Balaban J connectivity index is 2.18. The third kappa shape index (κ3) is 3.65. The maximum atomic E-state index is 6.15. The summed E-state index contributed by atoms with van der Waals surface area (Å²) >= 11 is 12.1. The summed E-state index contributed by atoms with van der Waals surface area (Å²) in [5.74, 6) is 0. The number of aryl methyl sites for hydroxylation is 1. The Bertz CT molecular complexity index is 549. The van der Waals surface area contributed by atoms with E-state index in [-0.39, 0.29) is 6.04 Å². The van der Waals surface area contributed by atoms with Crippen LogP contribution in [0.4, 0.5) is 5.69 Å². The molecule has 0 aliphatic rings. The molecule has 0 fully saturated rings. The van der Waals surface area contributed by atoms with Crippen LogP contribution in [0.25, 0.3) is 0 Å². The Morgan fingerprint density at radius 2 is 1.74 bits per heavy atom. The van der Waals surface area contributed by atoms with E-state index in [1.165, 1.54) is 5.56 Å². The van der Waals surface area contributed by atoms with Crippen LogP contribution in [0.5, 0.6) is 0 Å². The van der Waals surface area contributed by atoms with Gasteiger partial charge in [-0.15, -0.1) is 0 Å². The van der Waals surface area contributed by atoms with Gasteiger partial charge in [0.1, 0.15) is 0 Å². The topological polar surface area (TPSA) is 12.0 Å². The molecule has 2 aromatic carbocycles.